The van der Waals surface area contributed by atoms with Gasteiger partial charge in [0, 0.05) is 12.2 Å². The maximum Gasteiger partial charge on any atom is 0.414 e. The van der Waals surface area contributed by atoms with Gasteiger partial charge in [0.25, 0.3) is 0 Å². The number of rotatable bonds is 4. The molecule has 1 aliphatic heterocycles. The van der Waals surface area contributed by atoms with E-state index in [9.17, 15) is 4.79 Å². The van der Waals surface area contributed by atoms with E-state index in [2.05, 4.69) is 16.4 Å². The van der Waals surface area contributed by atoms with Crippen LogP contribution >= 0.6 is 11.3 Å². The third kappa shape index (κ3) is 2.85. The van der Waals surface area contributed by atoms with E-state index in [0.29, 0.717) is 19.7 Å². The number of benzene rings is 2. The fraction of sp³-hybridized carbons (Fsp3) is 0.176. The van der Waals surface area contributed by atoms with Crippen LogP contribution in [0.15, 0.2) is 48.5 Å². The van der Waals surface area contributed by atoms with E-state index in [0.717, 1.165) is 21.9 Å². The van der Waals surface area contributed by atoms with Gasteiger partial charge in [-0.1, -0.05) is 35.6 Å². The first kappa shape index (κ1) is 14.0. The summed E-state index contributed by atoms with van der Waals surface area (Å²) in [5.41, 5.74) is 2.98. The standard InChI is InChI=1S/C17H15N3O2S/c21-17-20(8-9-22-17)13-5-3-4-12(10-13)11-18-16-19-14-6-1-2-7-15(14)23-16/h1-7,10H,8-9,11H2,(H,18,19). The minimum absolute atomic E-state index is 0.277. The van der Waals surface area contributed by atoms with E-state index in [1.807, 2.05) is 42.5 Å². The van der Waals surface area contributed by atoms with Gasteiger partial charge in [-0.15, -0.1) is 0 Å². The molecular weight excluding hydrogens is 310 g/mol. The van der Waals surface area contributed by atoms with E-state index in [-0.39, 0.29) is 6.09 Å². The van der Waals surface area contributed by atoms with Gasteiger partial charge in [-0.3, -0.25) is 4.90 Å². The van der Waals surface area contributed by atoms with Crippen LogP contribution in [-0.4, -0.2) is 24.2 Å². The second-order valence-corrected chi connectivity index (χ2v) is 6.31. The number of cyclic esters (lactones) is 1. The summed E-state index contributed by atoms with van der Waals surface area (Å²) in [6.45, 7) is 1.72. The van der Waals surface area contributed by atoms with Crippen LogP contribution < -0.4 is 10.2 Å². The van der Waals surface area contributed by atoms with Gasteiger partial charge in [-0.2, -0.15) is 0 Å². The first-order valence-electron chi connectivity index (χ1n) is 7.42. The van der Waals surface area contributed by atoms with E-state index in [4.69, 9.17) is 4.74 Å². The number of para-hydroxylation sites is 1. The summed E-state index contributed by atoms with van der Waals surface area (Å²) in [5.74, 6) is 0. The highest BCUT2D eigenvalue weighted by atomic mass is 32.1. The molecule has 116 valence electrons. The lowest BCUT2D eigenvalue weighted by molar-refractivity contribution is 0.181. The topological polar surface area (TPSA) is 54.5 Å². The molecule has 0 atom stereocenters. The highest BCUT2D eigenvalue weighted by Gasteiger charge is 2.23. The minimum atomic E-state index is -0.277. The number of amides is 1. The lowest BCUT2D eigenvalue weighted by Crippen LogP contribution is -2.23. The average Bonchev–Trinajstić information content (AvgIpc) is 3.18. The van der Waals surface area contributed by atoms with Gasteiger partial charge in [0.15, 0.2) is 5.13 Å². The lowest BCUT2D eigenvalue weighted by atomic mass is 10.2. The number of carbonyl (C=O) groups excluding carboxylic acids is 1. The van der Waals surface area contributed by atoms with Gasteiger partial charge < -0.3 is 10.1 Å². The molecule has 1 amide bonds. The maximum absolute atomic E-state index is 11.6. The number of carbonyl (C=O) groups is 1. The van der Waals surface area contributed by atoms with Gasteiger partial charge in [-0.05, 0) is 29.8 Å². The van der Waals surface area contributed by atoms with Crippen LogP contribution in [0.3, 0.4) is 0 Å². The predicted molar refractivity (Wildman–Crippen MR) is 92.1 cm³/mol. The van der Waals surface area contributed by atoms with Crippen LogP contribution in [-0.2, 0) is 11.3 Å². The van der Waals surface area contributed by atoms with Crippen molar-refractivity contribution >= 4 is 38.5 Å². The zero-order chi connectivity index (χ0) is 15.6. The molecule has 6 heteroatoms. The van der Waals surface area contributed by atoms with Crippen molar-refractivity contribution in [2.24, 2.45) is 0 Å². The van der Waals surface area contributed by atoms with Gasteiger partial charge >= 0.3 is 6.09 Å². The monoisotopic (exact) mass is 325 g/mol. The Kier molecular flexibility index (Phi) is 3.59. The molecule has 3 aromatic rings. The van der Waals surface area contributed by atoms with E-state index in [1.54, 1.807) is 16.2 Å². The van der Waals surface area contributed by atoms with Crippen molar-refractivity contribution in [1.29, 1.82) is 0 Å². The molecule has 1 N–H and O–H groups in total. The maximum atomic E-state index is 11.6. The van der Waals surface area contributed by atoms with E-state index < -0.39 is 0 Å². The van der Waals surface area contributed by atoms with Crippen LogP contribution in [0.1, 0.15) is 5.56 Å². The fourth-order valence-electron chi connectivity index (χ4n) is 2.59. The number of aromatic nitrogens is 1. The van der Waals surface area contributed by atoms with Crippen molar-refractivity contribution < 1.29 is 9.53 Å². The predicted octanol–water partition coefficient (Wildman–Crippen LogP) is 3.87. The van der Waals surface area contributed by atoms with E-state index in [1.165, 1.54) is 4.70 Å². The first-order valence-corrected chi connectivity index (χ1v) is 8.24. The smallest absolute Gasteiger partial charge is 0.414 e. The zero-order valence-electron chi connectivity index (χ0n) is 12.4. The van der Waals surface area contributed by atoms with Crippen molar-refractivity contribution in [3.05, 3.63) is 54.1 Å². The molecule has 1 saturated heterocycles. The van der Waals surface area contributed by atoms with Gasteiger partial charge in [-0.25, -0.2) is 9.78 Å². The minimum Gasteiger partial charge on any atom is -0.447 e. The van der Waals surface area contributed by atoms with Gasteiger partial charge in [0.2, 0.25) is 0 Å². The van der Waals surface area contributed by atoms with Crippen molar-refractivity contribution in [3.8, 4) is 0 Å². The molecule has 1 fully saturated rings. The summed E-state index contributed by atoms with van der Waals surface area (Å²) in [4.78, 5) is 17.9. The molecule has 1 aliphatic rings. The number of hydrogen-bond acceptors (Lipinski definition) is 5. The Morgan fingerprint density at radius 2 is 2.13 bits per heavy atom. The summed E-state index contributed by atoms with van der Waals surface area (Å²) in [6, 6.07) is 16.0. The van der Waals surface area contributed by atoms with Crippen LogP contribution in [0, 0.1) is 0 Å². The third-order valence-corrected chi connectivity index (χ3v) is 4.71. The Balaban J connectivity index is 1.49. The molecule has 23 heavy (non-hydrogen) atoms. The van der Waals surface area contributed by atoms with Crippen LogP contribution in [0.2, 0.25) is 0 Å². The second-order valence-electron chi connectivity index (χ2n) is 5.28. The molecule has 1 aromatic heterocycles. The largest absolute Gasteiger partial charge is 0.447 e. The number of ether oxygens (including phenoxy) is 1. The number of thiazole rings is 1. The summed E-state index contributed by atoms with van der Waals surface area (Å²) < 4.78 is 6.16. The Hall–Kier alpha value is -2.60. The van der Waals surface area contributed by atoms with Gasteiger partial charge in [0.05, 0.1) is 16.8 Å². The summed E-state index contributed by atoms with van der Waals surface area (Å²) in [7, 11) is 0. The number of nitrogens with one attached hydrogen (secondary N) is 1. The molecule has 4 rings (SSSR count). The second kappa shape index (κ2) is 5.89. The molecule has 5 nitrogen and oxygen atoms in total. The Morgan fingerprint density at radius 1 is 1.22 bits per heavy atom. The first-order chi connectivity index (χ1) is 11.3. The number of nitrogens with zero attached hydrogens (tertiary/aromatic N) is 2. The quantitative estimate of drug-likeness (QED) is 0.791. The number of fused-ring (bicyclic) bond motifs is 1. The van der Waals surface area contributed by atoms with E-state index >= 15 is 0 Å². The molecular formula is C17H15N3O2S. The molecule has 0 radical (unpaired) electrons. The summed E-state index contributed by atoms with van der Waals surface area (Å²) in [6.07, 6.45) is -0.277. The normalized spacial score (nSPS) is 14.3. The number of anilines is 2. The van der Waals surface area contributed by atoms with Crippen molar-refractivity contribution in [3.63, 3.8) is 0 Å². The molecule has 0 aliphatic carbocycles. The lowest BCUT2D eigenvalue weighted by Gasteiger charge is -2.14. The average molecular weight is 325 g/mol. The Morgan fingerprint density at radius 3 is 2.96 bits per heavy atom. The highest BCUT2D eigenvalue weighted by molar-refractivity contribution is 7.22. The molecule has 2 heterocycles. The Labute approximate surface area is 137 Å². The molecule has 0 unspecified atom stereocenters. The fourth-order valence-corrected chi connectivity index (χ4v) is 3.45. The zero-order valence-corrected chi connectivity index (χ0v) is 13.2. The number of hydrogen-bond donors (Lipinski definition) is 1. The molecule has 0 bridgehead atoms. The molecule has 2 aromatic carbocycles. The summed E-state index contributed by atoms with van der Waals surface area (Å²) in [5, 5.41) is 4.25. The molecule has 0 saturated carbocycles. The van der Waals surface area contributed by atoms with Crippen LogP contribution in [0.5, 0.6) is 0 Å². The van der Waals surface area contributed by atoms with Crippen molar-refractivity contribution in [2.45, 2.75) is 6.54 Å². The van der Waals surface area contributed by atoms with Crippen LogP contribution in [0.25, 0.3) is 10.2 Å². The van der Waals surface area contributed by atoms with Crippen LogP contribution in [0.4, 0.5) is 15.6 Å². The molecule has 0 spiro atoms. The van der Waals surface area contributed by atoms with Gasteiger partial charge in [0.1, 0.15) is 6.61 Å². The summed E-state index contributed by atoms with van der Waals surface area (Å²) >= 11 is 1.64. The Bertz CT molecular complexity index is 829. The highest BCUT2D eigenvalue weighted by Crippen LogP contribution is 2.26. The SMILES string of the molecule is O=C1OCCN1c1cccc(CNc2nc3ccccc3s2)c1. The third-order valence-electron chi connectivity index (χ3n) is 3.72. The van der Waals surface area contributed by atoms with Crippen molar-refractivity contribution in [2.75, 3.05) is 23.4 Å². The van der Waals surface area contributed by atoms with Crippen molar-refractivity contribution in [1.82, 2.24) is 4.98 Å².